The molecule has 21 heavy (non-hydrogen) atoms. The third-order valence-electron chi connectivity index (χ3n) is 3.59. The van der Waals surface area contributed by atoms with Gasteiger partial charge in [0.2, 0.25) is 10.0 Å². The lowest BCUT2D eigenvalue weighted by atomic mass is 10.2. The molecule has 5 nitrogen and oxygen atoms in total. The summed E-state index contributed by atoms with van der Waals surface area (Å²) in [5.74, 6) is 0. The van der Waals surface area contributed by atoms with Crippen LogP contribution in [0.3, 0.4) is 0 Å². The van der Waals surface area contributed by atoms with Gasteiger partial charge in [-0.1, -0.05) is 25.1 Å². The standard InChI is InChI=1S/C15H24N2O3S/c1-3-16-12-13-6-4-5-7-15(13)21(18,19)17(10-11-20-2)14-8-9-14/h4-7,14,16H,3,8-12H2,1-2H3. The normalized spacial score (nSPS) is 15.6. The summed E-state index contributed by atoms with van der Waals surface area (Å²) in [6, 6.07) is 7.37. The van der Waals surface area contributed by atoms with Crippen molar-refractivity contribution in [3.8, 4) is 0 Å². The average molecular weight is 312 g/mol. The van der Waals surface area contributed by atoms with E-state index in [1.165, 1.54) is 0 Å². The maximum absolute atomic E-state index is 12.9. The van der Waals surface area contributed by atoms with Crippen LogP contribution in [0.5, 0.6) is 0 Å². The minimum Gasteiger partial charge on any atom is -0.383 e. The van der Waals surface area contributed by atoms with E-state index in [-0.39, 0.29) is 6.04 Å². The van der Waals surface area contributed by atoms with Crippen molar-refractivity contribution in [1.82, 2.24) is 9.62 Å². The Morgan fingerprint density at radius 1 is 1.33 bits per heavy atom. The number of hydrogen-bond acceptors (Lipinski definition) is 4. The lowest BCUT2D eigenvalue weighted by Crippen LogP contribution is -2.36. The van der Waals surface area contributed by atoms with E-state index in [2.05, 4.69) is 5.32 Å². The highest BCUT2D eigenvalue weighted by atomic mass is 32.2. The second-order valence-corrected chi connectivity index (χ2v) is 7.09. The molecular formula is C15H24N2O3S. The van der Waals surface area contributed by atoms with E-state index in [9.17, 15) is 8.42 Å². The van der Waals surface area contributed by atoms with Crippen LogP contribution in [0, 0.1) is 0 Å². The fraction of sp³-hybridized carbons (Fsp3) is 0.600. The van der Waals surface area contributed by atoms with Crippen LogP contribution < -0.4 is 5.32 Å². The van der Waals surface area contributed by atoms with Crippen LogP contribution in [0.25, 0.3) is 0 Å². The van der Waals surface area contributed by atoms with E-state index in [1.54, 1.807) is 23.5 Å². The minimum absolute atomic E-state index is 0.136. The first-order chi connectivity index (χ1) is 10.1. The Balaban J connectivity index is 2.28. The number of hydrogen-bond donors (Lipinski definition) is 1. The van der Waals surface area contributed by atoms with Crippen molar-refractivity contribution in [3.05, 3.63) is 29.8 Å². The molecule has 1 aromatic rings. The summed E-state index contributed by atoms with van der Waals surface area (Å²) in [4.78, 5) is 0.411. The fourth-order valence-electron chi connectivity index (χ4n) is 2.33. The van der Waals surface area contributed by atoms with Gasteiger partial charge < -0.3 is 10.1 Å². The Bertz CT molecular complexity index is 556. The molecule has 0 spiro atoms. The van der Waals surface area contributed by atoms with E-state index in [1.807, 2.05) is 19.1 Å². The van der Waals surface area contributed by atoms with Gasteiger partial charge in [-0.2, -0.15) is 4.31 Å². The largest absolute Gasteiger partial charge is 0.383 e. The first kappa shape index (κ1) is 16.4. The second kappa shape index (κ2) is 7.35. The predicted molar refractivity (Wildman–Crippen MR) is 82.6 cm³/mol. The molecule has 1 aliphatic rings. The summed E-state index contributed by atoms with van der Waals surface area (Å²) < 4.78 is 32.5. The quantitative estimate of drug-likeness (QED) is 0.752. The van der Waals surface area contributed by atoms with Crippen LogP contribution in [0.15, 0.2) is 29.2 Å². The number of methoxy groups -OCH3 is 1. The molecule has 1 fully saturated rings. The van der Waals surface area contributed by atoms with Crippen LogP contribution in [0.4, 0.5) is 0 Å². The van der Waals surface area contributed by atoms with Crippen molar-refractivity contribution < 1.29 is 13.2 Å². The highest BCUT2D eigenvalue weighted by Gasteiger charge is 2.38. The molecule has 0 radical (unpaired) electrons. The van der Waals surface area contributed by atoms with Gasteiger partial charge in [-0.25, -0.2) is 8.42 Å². The van der Waals surface area contributed by atoms with Crippen LogP contribution in [-0.4, -0.2) is 45.6 Å². The molecule has 1 N–H and O–H groups in total. The van der Waals surface area contributed by atoms with Crippen molar-refractivity contribution in [3.63, 3.8) is 0 Å². The maximum atomic E-state index is 12.9. The van der Waals surface area contributed by atoms with Gasteiger partial charge in [0, 0.05) is 26.2 Å². The first-order valence-corrected chi connectivity index (χ1v) is 8.84. The third-order valence-corrected chi connectivity index (χ3v) is 5.65. The van der Waals surface area contributed by atoms with E-state index in [4.69, 9.17) is 4.74 Å². The van der Waals surface area contributed by atoms with Gasteiger partial charge in [-0.3, -0.25) is 0 Å². The molecule has 0 heterocycles. The van der Waals surface area contributed by atoms with E-state index < -0.39 is 10.0 Å². The number of nitrogens with zero attached hydrogens (tertiary/aromatic N) is 1. The molecule has 1 saturated carbocycles. The molecule has 0 atom stereocenters. The molecule has 0 bridgehead atoms. The van der Waals surface area contributed by atoms with Gasteiger partial charge in [0.15, 0.2) is 0 Å². The molecule has 1 aliphatic carbocycles. The lowest BCUT2D eigenvalue weighted by Gasteiger charge is -2.23. The van der Waals surface area contributed by atoms with Gasteiger partial charge in [-0.15, -0.1) is 0 Å². The van der Waals surface area contributed by atoms with Crippen molar-refractivity contribution >= 4 is 10.0 Å². The van der Waals surface area contributed by atoms with Crippen LogP contribution >= 0.6 is 0 Å². The summed E-state index contributed by atoms with van der Waals surface area (Å²) in [5.41, 5.74) is 0.822. The van der Waals surface area contributed by atoms with Crippen LogP contribution in [-0.2, 0) is 21.3 Å². The third kappa shape index (κ3) is 4.03. The SMILES string of the molecule is CCNCc1ccccc1S(=O)(=O)N(CCOC)C1CC1. The van der Waals surface area contributed by atoms with Crippen LogP contribution in [0.1, 0.15) is 25.3 Å². The van der Waals surface area contributed by atoms with Crippen molar-refractivity contribution in [1.29, 1.82) is 0 Å². The number of ether oxygens (including phenoxy) is 1. The highest BCUT2D eigenvalue weighted by molar-refractivity contribution is 7.89. The Kier molecular flexibility index (Phi) is 5.75. The summed E-state index contributed by atoms with van der Waals surface area (Å²) in [5, 5.41) is 3.20. The monoisotopic (exact) mass is 312 g/mol. The maximum Gasteiger partial charge on any atom is 0.243 e. The number of nitrogens with one attached hydrogen (secondary N) is 1. The number of benzene rings is 1. The smallest absolute Gasteiger partial charge is 0.243 e. The summed E-state index contributed by atoms with van der Waals surface area (Å²) in [7, 11) is -1.86. The average Bonchev–Trinajstić information content (AvgIpc) is 3.30. The zero-order valence-corrected chi connectivity index (χ0v) is 13.5. The number of sulfonamides is 1. The second-order valence-electron chi connectivity index (χ2n) is 5.23. The van der Waals surface area contributed by atoms with Crippen molar-refractivity contribution in [2.75, 3.05) is 26.8 Å². The van der Waals surface area contributed by atoms with E-state index in [0.29, 0.717) is 24.6 Å². The predicted octanol–water partition coefficient (Wildman–Crippen LogP) is 1.60. The fourth-order valence-corrected chi connectivity index (χ4v) is 4.22. The molecule has 0 amide bonds. The van der Waals surface area contributed by atoms with Gasteiger partial charge in [0.1, 0.15) is 0 Å². The number of rotatable bonds is 9. The highest BCUT2D eigenvalue weighted by Crippen LogP contribution is 2.32. The lowest BCUT2D eigenvalue weighted by molar-refractivity contribution is 0.177. The molecule has 6 heteroatoms. The van der Waals surface area contributed by atoms with Gasteiger partial charge in [0.05, 0.1) is 11.5 Å². The van der Waals surface area contributed by atoms with E-state index in [0.717, 1.165) is 24.9 Å². The zero-order chi connectivity index (χ0) is 15.3. The van der Waals surface area contributed by atoms with Gasteiger partial charge in [-0.05, 0) is 31.0 Å². The van der Waals surface area contributed by atoms with Crippen molar-refractivity contribution in [2.45, 2.75) is 37.2 Å². The summed E-state index contributed by atoms with van der Waals surface area (Å²) in [6.07, 6.45) is 1.89. The minimum atomic E-state index is -3.46. The molecule has 2 rings (SSSR count). The summed E-state index contributed by atoms with van der Waals surface area (Å²) >= 11 is 0. The van der Waals surface area contributed by atoms with Gasteiger partial charge in [0.25, 0.3) is 0 Å². The molecule has 118 valence electrons. The Labute approximate surface area is 127 Å². The van der Waals surface area contributed by atoms with Crippen LogP contribution in [0.2, 0.25) is 0 Å². The Morgan fingerprint density at radius 2 is 2.05 bits per heavy atom. The molecule has 1 aromatic carbocycles. The molecule has 0 saturated heterocycles. The topological polar surface area (TPSA) is 58.6 Å². The molecule has 0 unspecified atom stereocenters. The molecule has 0 aliphatic heterocycles. The zero-order valence-electron chi connectivity index (χ0n) is 12.7. The Hall–Kier alpha value is -0.950. The van der Waals surface area contributed by atoms with Gasteiger partial charge >= 0.3 is 0 Å². The van der Waals surface area contributed by atoms with E-state index >= 15 is 0 Å². The van der Waals surface area contributed by atoms with Crippen molar-refractivity contribution in [2.24, 2.45) is 0 Å². The molecular weight excluding hydrogens is 288 g/mol. The molecule has 0 aromatic heterocycles. The first-order valence-electron chi connectivity index (χ1n) is 7.40. The summed E-state index contributed by atoms with van der Waals surface area (Å²) in [6.45, 7) is 4.22. The Morgan fingerprint density at radius 3 is 2.67 bits per heavy atom.